The maximum absolute atomic E-state index is 12.3. The fourth-order valence-corrected chi connectivity index (χ4v) is 2.68. The van der Waals surface area contributed by atoms with E-state index in [4.69, 9.17) is 0 Å². The molecule has 1 heterocycles. The van der Waals surface area contributed by atoms with Crippen molar-refractivity contribution in [2.24, 2.45) is 5.41 Å². The number of rotatable bonds is 4. The molecule has 1 aromatic rings. The van der Waals surface area contributed by atoms with Crippen LogP contribution in [0.2, 0.25) is 0 Å². The third kappa shape index (κ3) is 2.97. The maximum atomic E-state index is 12.3. The Balaban J connectivity index is 0.00000147. The van der Waals surface area contributed by atoms with E-state index in [2.05, 4.69) is 16.7 Å². The van der Waals surface area contributed by atoms with Crippen LogP contribution in [0.25, 0.3) is 0 Å². The minimum Gasteiger partial charge on any atom is -0.396 e. The fourth-order valence-electron chi connectivity index (χ4n) is 2.68. The average Bonchev–Trinajstić information content (AvgIpc) is 3.25. The van der Waals surface area contributed by atoms with Crippen LogP contribution in [0.5, 0.6) is 0 Å². The lowest BCUT2D eigenvalue weighted by atomic mass is 9.94. The first kappa shape index (κ1) is 15.3. The zero-order chi connectivity index (χ0) is 13.3. The quantitative estimate of drug-likeness (QED) is 0.782. The van der Waals surface area contributed by atoms with Crippen molar-refractivity contribution in [3.63, 3.8) is 0 Å². The number of aliphatic hydroxyl groups is 1. The van der Waals surface area contributed by atoms with E-state index >= 15 is 0 Å². The summed E-state index contributed by atoms with van der Waals surface area (Å²) in [4.78, 5) is 12.3. The molecule has 20 heavy (non-hydrogen) atoms. The van der Waals surface area contributed by atoms with Gasteiger partial charge in [-0.3, -0.25) is 4.79 Å². The monoisotopic (exact) mass is 296 g/mol. The summed E-state index contributed by atoms with van der Waals surface area (Å²) in [6, 6.07) is 7.85. The van der Waals surface area contributed by atoms with Crippen molar-refractivity contribution in [2.75, 3.05) is 19.7 Å². The molecule has 1 saturated carbocycles. The molecule has 1 aliphatic heterocycles. The van der Waals surface area contributed by atoms with Crippen LogP contribution in [0.15, 0.2) is 24.3 Å². The van der Waals surface area contributed by atoms with Crippen molar-refractivity contribution >= 4 is 18.3 Å². The number of carbonyl (C=O) groups excluding carboxylic acids is 1. The van der Waals surface area contributed by atoms with Gasteiger partial charge in [0.25, 0.3) is 0 Å². The van der Waals surface area contributed by atoms with E-state index in [9.17, 15) is 9.90 Å². The summed E-state index contributed by atoms with van der Waals surface area (Å²) in [5.41, 5.74) is 2.30. The zero-order valence-electron chi connectivity index (χ0n) is 11.4. The number of hydrogen-bond donors (Lipinski definition) is 3. The second-order valence-electron chi connectivity index (χ2n) is 5.71. The minimum atomic E-state index is -0.251. The molecule has 0 saturated heterocycles. The van der Waals surface area contributed by atoms with Gasteiger partial charge in [0.2, 0.25) is 5.91 Å². The van der Waals surface area contributed by atoms with E-state index < -0.39 is 0 Å². The van der Waals surface area contributed by atoms with Gasteiger partial charge in [-0.15, -0.1) is 12.4 Å². The Morgan fingerprint density at radius 2 is 2.15 bits per heavy atom. The summed E-state index contributed by atoms with van der Waals surface area (Å²) in [5, 5.41) is 15.5. The second-order valence-corrected chi connectivity index (χ2v) is 5.71. The lowest BCUT2D eigenvalue weighted by Gasteiger charge is -2.26. The number of aliphatic hydroxyl groups excluding tert-OH is 1. The summed E-state index contributed by atoms with van der Waals surface area (Å²) >= 11 is 0. The van der Waals surface area contributed by atoms with Crippen LogP contribution < -0.4 is 10.6 Å². The van der Waals surface area contributed by atoms with Gasteiger partial charge in [0.05, 0.1) is 6.61 Å². The predicted molar refractivity (Wildman–Crippen MR) is 79.9 cm³/mol. The van der Waals surface area contributed by atoms with Gasteiger partial charge >= 0.3 is 0 Å². The molecule has 0 spiro atoms. The van der Waals surface area contributed by atoms with Gasteiger partial charge < -0.3 is 15.7 Å². The first-order valence-corrected chi connectivity index (χ1v) is 6.94. The SMILES string of the molecule is Cl.O=C(NCC1(CO)CC1)C1NCCc2ccccc21. The molecule has 0 radical (unpaired) electrons. The van der Waals surface area contributed by atoms with Crippen molar-refractivity contribution in [3.05, 3.63) is 35.4 Å². The number of nitrogens with one attached hydrogen (secondary N) is 2. The first-order valence-electron chi connectivity index (χ1n) is 6.94. The summed E-state index contributed by atoms with van der Waals surface area (Å²) in [5.74, 6) is 0.0203. The molecule has 0 bridgehead atoms. The molecule has 110 valence electrons. The van der Waals surface area contributed by atoms with E-state index in [1.807, 2.05) is 18.2 Å². The number of hydrogen-bond acceptors (Lipinski definition) is 3. The largest absolute Gasteiger partial charge is 0.396 e. The highest BCUT2D eigenvalue weighted by Gasteiger charge is 2.42. The van der Waals surface area contributed by atoms with Crippen molar-refractivity contribution in [3.8, 4) is 0 Å². The third-order valence-electron chi connectivity index (χ3n) is 4.30. The average molecular weight is 297 g/mol. The Hall–Kier alpha value is -1.10. The highest BCUT2D eigenvalue weighted by molar-refractivity contribution is 5.85. The van der Waals surface area contributed by atoms with E-state index in [0.717, 1.165) is 31.4 Å². The van der Waals surface area contributed by atoms with Crippen molar-refractivity contribution < 1.29 is 9.90 Å². The molecule has 1 aliphatic carbocycles. The number of amides is 1. The topological polar surface area (TPSA) is 61.4 Å². The Morgan fingerprint density at radius 1 is 1.40 bits per heavy atom. The molecule has 4 nitrogen and oxygen atoms in total. The predicted octanol–water partition coefficient (Wildman–Crippen LogP) is 1.18. The van der Waals surface area contributed by atoms with Crippen LogP contribution in [-0.4, -0.2) is 30.7 Å². The van der Waals surface area contributed by atoms with Gasteiger partial charge in [0.1, 0.15) is 6.04 Å². The van der Waals surface area contributed by atoms with Crippen LogP contribution in [0.3, 0.4) is 0 Å². The lowest BCUT2D eigenvalue weighted by molar-refractivity contribution is -0.123. The van der Waals surface area contributed by atoms with Gasteiger partial charge in [-0.05, 0) is 30.4 Å². The van der Waals surface area contributed by atoms with Gasteiger partial charge in [0, 0.05) is 18.5 Å². The highest BCUT2D eigenvalue weighted by Crippen LogP contribution is 2.44. The minimum absolute atomic E-state index is 0. The Bertz CT molecular complexity index is 489. The van der Waals surface area contributed by atoms with Gasteiger partial charge in [0.15, 0.2) is 0 Å². The maximum Gasteiger partial charge on any atom is 0.241 e. The third-order valence-corrected chi connectivity index (χ3v) is 4.30. The number of carbonyl (C=O) groups is 1. The number of fused-ring (bicyclic) bond motifs is 1. The lowest BCUT2D eigenvalue weighted by Crippen LogP contribution is -2.43. The van der Waals surface area contributed by atoms with E-state index in [0.29, 0.717) is 6.54 Å². The van der Waals surface area contributed by atoms with Crippen molar-refractivity contribution in [2.45, 2.75) is 25.3 Å². The molecule has 5 heteroatoms. The molecule has 3 rings (SSSR count). The molecule has 1 aromatic carbocycles. The number of halogens is 1. The van der Waals surface area contributed by atoms with Crippen molar-refractivity contribution in [1.82, 2.24) is 10.6 Å². The summed E-state index contributed by atoms with van der Waals surface area (Å²) in [6.07, 6.45) is 3.00. The Labute approximate surface area is 125 Å². The normalized spacial score (nSPS) is 22.4. The van der Waals surface area contributed by atoms with Crippen molar-refractivity contribution in [1.29, 1.82) is 0 Å². The first-order chi connectivity index (χ1) is 9.24. The molecule has 1 fully saturated rings. The van der Waals surface area contributed by atoms with Crippen LogP contribution in [0.1, 0.15) is 30.0 Å². The number of benzene rings is 1. The smallest absolute Gasteiger partial charge is 0.241 e. The fraction of sp³-hybridized carbons (Fsp3) is 0.533. The van der Waals surface area contributed by atoms with Gasteiger partial charge in [-0.25, -0.2) is 0 Å². The zero-order valence-corrected chi connectivity index (χ0v) is 12.2. The van der Waals surface area contributed by atoms with Gasteiger partial charge in [-0.2, -0.15) is 0 Å². The van der Waals surface area contributed by atoms with Crippen LogP contribution >= 0.6 is 12.4 Å². The molecule has 1 atom stereocenters. The molecule has 2 aliphatic rings. The summed E-state index contributed by atoms with van der Waals surface area (Å²) in [7, 11) is 0. The summed E-state index contributed by atoms with van der Waals surface area (Å²) < 4.78 is 0. The van der Waals surface area contributed by atoms with Gasteiger partial charge in [-0.1, -0.05) is 24.3 Å². The molecule has 0 aromatic heterocycles. The standard InChI is InChI=1S/C15H20N2O2.ClH/c18-10-15(6-7-15)9-17-14(19)13-12-4-2-1-3-11(12)5-8-16-13;/h1-4,13,16,18H,5-10H2,(H,17,19);1H. The Morgan fingerprint density at radius 3 is 2.85 bits per heavy atom. The van der Waals surface area contributed by atoms with E-state index in [-0.39, 0.29) is 36.4 Å². The summed E-state index contributed by atoms with van der Waals surface area (Å²) in [6.45, 7) is 1.59. The van der Waals surface area contributed by atoms with Crippen LogP contribution in [0.4, 0.5) is 0 Å². The highest BCUT2D eigenvalue weighted by atomic mass is 35.5. The van der Waals surface area contributed by atoms with E-state index in [1.54, 1.807) is 0 Å². The van der Waals surface area contributed by atoms with E-state index in [1.165, 1.54) is 5.56 Å². The molecular weight excluding hydrogens is 276 g/mol. The second kappa shape index (κ2) is 6.12. The van der Waals surface area contributed by atoms with Crippen LogP contribution in [0, 0.1) is 5.41 Å². The van der Waals surface area contributed by atoms with Crippen LogP contribution in [-0.2, 0) is 11.2 Å². The molecule has 3 N–H and O–H groups in total. The Kier molecular flexibility index (Phi) is 4.68. The molecule has 1 amide bonds. The molecule has 1 unspecified atom stereocenters. The molecular formula is C15H21ClN2O2.